The highest BCUT2D eigenvalue weighted by atomic mass is 35.5. The van der Waals surface area contributed by atoms with Crippen molar-refractivity contribution in [3.63, 3.8) is 0 Å². The van der Waals surface area contributed by atoms with Gasteiger partial charge in [-0.15, -0.1) is 12.4 Å². The van der Waals surface area contributed by atoms with Crippen LogP contribution in [0.25, 0.3) is 0 Å². The Balaban J connectivity index is 0.00000210. The van der Waals surface area contributed by atoms with Crippen LogP contribution in [0.5, 0.6) is 0 Å². The molecule has 2 aromatic carbocycles. The Labute approximate surface area is 176 Å². The monoisotopic (exact) mass is 446 g/mol. The summed E-state index contributed by atoms with van der Waals surface area (Å²) in [6.45, 7) is 2.08. The van der Waals surface area contributed by atoms with Gasteiger partial charge < -0.3 is 4.90 Å². The predicted molar refractivity (Wildman–Crippen MR) is 114 cm³/mol. The molecule has 0 aliphatic carbocycles. The van der Waals surface area contributed by atoms with Gasteiger partial charge in [0.05, 0.1) is 11.4 Å². The van der Waals surface area contributed by atoms with E-state index in [1.807, 2.05) is 30.3 Å². The molecule has 0 saturated carbocycles. The predicted octanol–water partition coefficient (Wildman–Crippen LogP) is 4.53. The quantitative estimate of drug-likeness (QED) is 0.679. The molecule has 8 heteroatoms. The maximum atomic E-state index is 12.5. The van der Waals surface area contributed by atoms with Crippen molar-refractivity contribution in [2.75, 3.05) is 30.2 Å². The van der Waals surface area contributed by atoms with E-state index in [1.54, 1.807) is 10.4 Å². The van der Waals surface area contributed by atoms with Crippen molar-refractivity contribution >= 4 is 51.3 Å². The minimum absolute atomic E-state index is 0. The van der Waals surface area contributed by atoms with Crippen LogP contribution in [0.2, 0.25) is 10.0 Å². The smallest absolute Gasteiger partial charge is 0.235 e. The van der Waals surface area contributed by atoms with Crippen LogP contribution >= 0.6 is 35.6 Å². The highest BCUT2D eigenvalue weighted by molar-refractivity contribution is 7.93. The normalized spacial score (nSPS) is 21.6. The van der Waals surface area contributed by atoms with E-state index in [4.69, 9.17) is 23.2 Å². The van der Waals surface area contributed by atoms with Crippen molar-refractivity contribution < 1.29 is 8.42 Å². The number of para-hydroxylation sites is 1. The fraction of sp³-hybridized carbons (Fsp3) is 0.368. The van der Waals surface area contributed by atoms with Crippen molar-refractivity contribution in [2.24, 2.45) is 0 Å². The minimum atomic E-state index is -3.24. The van der Waals surface area contributed by atoms with Gasteiger partial charge in [0.25, 0.3) is 0 Å². The Morgan fingerprint density at radius 2 is 1.85 bits per heavy atom. The average Bonchev–Trinajstić information content (AvgIpc) is 2.94. The fourth-order valence-electron chi connectivity index (χ4n) is 4.03. The molecule has 0 aromatic heterocycles. The molecule has 0 unspecified atom stereocenters. The number of likely N-dealkylation sites (N-methyl/N-ethyl adjacent to an activating group) is 1. The molecular weight excluding hydrogens is 427 g/mol. The fourth-order valence-corrected chi connectivity index (χ4v) is 6.19. The zero-order valence-corrected chi connectivity index (χ0v) is 18.0. The lowest BCUT2D eigenvalue weighted by Gasteiger charge is -2.35. The van der Waals surface area contributed by atoms with Gasteiger partial charge >= 0.3 is 0 Å². The molecule has 2 heterocycles. The van der Waals surface area contributed by atoms with Crippen molar-refractivity contribution in [3.05, 3.63) is 63.1 Å². The van der Waals surface area contributed by atoms with Crippen molar-refractivity contribution in [1.29, 1.82) is 0 Å². The molecule has 2 aliphatic heterocycles. The maximum Gasteiger partial charge on any atom is 0.235 e. The summed E-state index contributed by atoms with van der Waals surface area (Å²) in [4.78, 5) is 2.21. The third-order valence-corrected chi connectivity index (χ3v) is 7.58. The molecule has 0 N–H and O–H groups in total. The second-order valence-corrected chi connectivity index (χ2v) is 9.86. The summed E-state index contributed by atoms with van der Waals surface area (Å²) in [5.41, 5.74) is 3.93. The summed E-state index contributed by atoms with van der Waals surface area (Å²) >= 11 is 12.7. The number of halogens is 3. The number of sulfonamides is 1. The second kappa shape index (κ2) is 7.80. The summed E-state index contributed by atoms with van der Waals surface area (Å²) in [6.07, 6.45) is 0.662. The van der Waals surface area contributed by atoms with Crippen molar-refractivity contribution in [3.8, 4) is 0 Å². The SMILES string of the molecule is CN1Cc2c(Cl)cc(Cl)cc2[C@H](c2ccccc2N2CCCS2(=O)=O)C1.Cl. The topological polar surface area (TPSA) is 40.6 Å². The maximum absolute atomic E-state index is 12.5. The van der Waals surface area contributed by atoms with Crippen LogP contribution in [0.3, 0.4) is 0 Å². The standard InChI is InChI=1S/C19H20Cl2N2O2S.ClH/c1-22-11-16(15-9-13(20)10-18(21)17(15)12-22)14-5-2-3-6-19(14)23-7-4-8-26(23,24)25;/h2-3,5-6,9-10,16H,4,7-8,11-12H2,1H3;1H/t16-;/m0./s1. The van der Waals surface area contributed by atoms with Crippen molar-refractivity contribution in [1.82, 2.24) is 4.90 Å². The number of hydrogen-bond donors (Lipinski definition) is 0. The summed E-state index contributed by atoms with van der Waals surface area (Å²) in [5.74, 6) is 0.229. The molecule has 2 aromatic rings. The number of benzene rings is 2. The number of anilines is 1. The molecule has 0 radical (unpaired) electrons. The summed E-state index contributed by atoms with van der Waals surface area (Å²) < 4.78 is 26.5. The Bertz CT molecular complexity index is 965. The number of nitrogens with zero attached hydrogens (tertiary/aromatic N) is 2. The van der Waals surface area contributed by atoms with Crippen molar-refractivity contribution in [2.45, 2.75) is 18.9 Å². The molecule has 0 bridgehead atoms. The highest BCUT2D eigenvalue weighted by Crippen LogP contribution is 2.42. The first-order valence-corrected chi connectivity index (χ1v) is 11.0. The van der Waals surface area contributed by atoms with Crippen LogP contribution < -0.4 is 4.31 Å². The minimum Gasteiger partial charge on any atom is -0.301 e. The Morgan fingerprint density at radius 3 is 2.56 bits per heavy atom. The van der Waals surface area contributed by atoms with E-state index in [1.165, 1.54) is 0 Å². The molecular formula is C19H21Cl3N2O2S. The van der Waals surface area contributed by atoms with Gasteiger partial charge in [-0.3, -0.25) is 4.31 Å². The Morgan fingerprint density at radius 1 is 1.11 bits per heavy atom. The summed E-state index contributed by atoms with van der Waals surface area (Å²) in [6, 6.07) is 11.5. The molecule has 4 rings (SSSR count). The molecule has 1 atom stereocenters. The Kier molecular flexibility index (Phi) is 5.99. The molecule has 0 amide bonds. The van der Waals surface area contributed by atoms with Crippen LogP contribution in [0.1, 0.15) is 29.0 Å². The van der Waals surface area contributed by atoms with Crippen LogP contribution in [-0.2, 0) is 16.6 Å². The lowest BCUT2D eigenvalue weighted by Crippen LogP contribution is -2.33. The first kappa shape index (κ1) is 20.7. The zero-order chi connectivity index (χ0) is 18.5. The van der Waals surface area contributed by atoms with Crippen LogP contribution in [0.15, 0.2) is 36.4 Å². The van der Waals surface area contributed by atoms with Gasteiger partial charge in [0.1, 0.15) is 0 Å². The van der Waals surface area contributed by atoms with E-state index in [9.17, 15) is 8.42 Å². The molecule has 146 valence electrons. The molecule has 27 heavy (non-hydrogen) atoms. The summed E-state index contributed by atoms with van der Waals surface area (Å²) in [5, 5.41) is 1.27. The van der Waals surface area contributed by atoms with Gasteiger partial charge in [-0.05, 0) is 48.4 Å². The molecule has 1 fully saturated rings. The molecule has 4 nitrogen and oxygen atoms in total. The second-order valence-electron chi connectivity index (χ2n) is 7.01. The third-order valence-electron chi connectivity index (χ3n) is 5.17. The number of rotatable bonds is 2. The van der Waals surface area contributed by atoms with Gasteiger partial charge in [0.2, 0.25) is 10.0 Å². The lowest BCUT2D eigenvalue weighted by molar-refractivity contribution is 0.295. The van der Waals surface area contributed by atoms with Gasteiger partial charge in [-0.25, -0.2) is 8.42 Å². The molecule has 2 aliphatic rings. The average molecular weight is 448 g/mol. The van der Waals surface area contributed by atoms with Gasteiger partial charge in [0.15, 0.2) is 0 Å². The molecule has 1 saturated heterocycles. The van der Waals surface area contributed by atoms with Crippen LogP contribution in [0.4, 0.5) is 5.69 Å². The first-order chi connectivity index (χ1) is 12.4. The van der Waals surface area contributed by atoms with E-state index in [0.717, 1.165) is 35.5 Å². The van der Waals surface area contributed by atoms with Gasteiger partial charge in [-0.2, -0.15) is 0 Å². The van der Waals surface area contributed by atoms with Crippen LogP contribution in [-0.4, -0.2) is 39.2 Å². The first-order valence-electron chi connectivity index (χ1n) is 8.62. The largest absolute Gasteiger partial charge is 0.301 e. The lowest BCUT2D eigenvalue weighted by atomic mass is 9.84. The highest BCUT2D eigenvalue weighted by Gasteiger charge is 2.34. The van der Waals surface area contributed by atoms with Gasteiger partial charge in [0, 0.05) is 35.6 Å². The van der Waals surface area contributed by atoms with E-state index in [2.05, 4.69) is 11.9 Å². The van der Waals surface area contributed by atoms with E-state index in [0.29, 0.717) is 23.0 Å². The van der Waals surface area contributed by atoms with E-state index >= 15 is 0 Å². The zero-order valence-electron chi connectivity index (χ0n) is 14.9. The van der Waals surface area contributed by atoms with E-state index in [-0.39, 0.29) is 24.1 Å². The number of fused-ring (bicyclic) bond motifs is 1. The van der Waals surface area contributed by atoms with Gasteiger partial charge in [-0.1, -0.05) is 41.4 Å². The van der Waals surface area contributed by atoms with E-state index < -0.39 is 10.0 Å². The Hall–Kier alpha value is -0.980. The molecule has 0 spiro atoms. The van der Waals surface area contributed by atoms with Crippen LogP contribution in [0, 0.1) is 0 Å². The summed E-state index contributed by atoms with van der Waals surface area (Å²) in [7, 11) is -1.19. The number of hydrogen-bond acceptors (Lipinski definition) is 3. The third kappa shape index (κ3) is 3.81.